The van der Waals surface area contributed by atoms with Crippen LogP contribution in [0.15, 0.2) is 164 Å². The summed E-state index contributed by atoms with van der Waals surface area (Å²) in [5.74, 6) is 0. The zero-order valence-electron chi connectivity index (χ0n) is 23.4. The molecule has 0 aliphatic rings. The maximum absolute atomic E-state index is 5.05. The molecule has 0 N–H and O–H groups in total. The van der Waals surface area contributed by atoms with Gasteiger partial charge in [0.1, 0.15) is 5.65 Å². The van der Waals surface area contributed by atoms with Gasteiger partial charge in [0.05, 0.1) is 17.1 Å². The van der Waals surface area contributed by atoms with E-state index in [9.17, 15) is 0 Å². The maximum atomic E-state index is 5.05. The molecule has 0 amide bonds. The van der Waals surface area contributed by atoms with Crippen LogP contribution < -0.4 is 0 Å². The minimum atomic E-state index is 0.934. The Balaban J connectivity index is 1.27. The van der Waals surface area contributed by atoms with Crippen molar-refractivity contribution in [1.82, 2.24) is 14.4 Å². The molecule has 3 nitrogen and oxygen atoms in total. The summed E-state index contributed by atoms with van der Waals surface area (Å²) < 4.78 is 2.17. The zero-order chi connectivity index (χ0) is 28.6. The van der Waals surface area contributed by atoms with Crippen molar-refractivity contribution in [3.8, 4) is 56.0 Å². The van der Waals surface area contributed by atoms with Crippen molar-refractivity contribution in [2.45, 2.75) is 0 Å². The predicted molar refractivity (Wildman–Crippen MR) is 178 cm³/mol. The van der Waals surface area contributed by atoms with Crippen molar-refractivity contribution in [3.63, 3.8) is 0 Å². The van der Waals surface area contributed by atoms with Gasteiger partial charge in [-0.25, -0.2) is 4.98 Å². The predicted octanol–water partition coefficient (Wildman–Crippen LogP) is 10.2. The average molecular weight is 550 g/mol. The molecule has 3 heteroatoms. The van der Waals surface area contributed by atoms with Gasteiger partial charge in [-0.1, -0.05) is 109 Å². The molecule has 0 saturated carbocycles. The lowest BCUT2D eigenvalue weighted by Gasteiger charge is -2.13. The van der Waals surface area contributed by atoms with Gasteiger partial charge in [-0.3, -0.25) is 9.38 Å². The molecule has 0 fully saturated rings. The number of benzene rings is 5. The van der Waals surface area contributed by atoms with E-state index in [1.165, 1.54) is 21.9 Å². The van der Waals surface area contributed by atoms with Gasteiger partial charge in [-0.2, -0.15) is 0 Å². The highest BCUT2D eigenvalue weighted by molar-refractivity contribution is 5.98. The molecule has 3 heterocycles. The number of fused-ring (bicyclic) bond motifs is 2. The number of imidazole rings is 1. The van der Waals surface area contributed by atoms with Crippen molar-refractivity contribution in [1.29, 1.82) is 0 Å². The fourth-order valence-corrected chi connectivity index (χ4v) is 6.00. The Kier molecular flexibility index (Phi) is 6.12. The van der Waals surface area contributed by atoms with Gasteiger partial charge in [0.15, 0.2) is 0 Å². The van der Waals surface area contributed by atoms with Crippen molar-refractivity contribution < 1.29 is 0 Å². The molecular formula is C40H27N3. The molecule has 5 aromatic carbocycles. The molecule has 43 heavy (non-hydrogen) atoms. The largest absolute Gasteiger partial charge is 0.299 e. The quantitative estimate of drug-likeness (QED) is 0.214. The molecule has 0 bridgehead atoms. The Morgan fingerprint density at radius 1 is 0.465 bits per heavy atom. The van der Waals surface area contributed by atoms with Crippen LogP contribution in [-0.4, -0.2) is 14.4 Å². The topological polar surface area (TPSA) is 30.2 Å². The Hall–Kier alpha value is -5.80. The van der Waals surface area contributed by atoms with E-state index in [0.717, 1.165) is 50.5 Å². The van der Waals surface area contributed by atoms with E-state index in [1.807, 2.05) is 30.5 Å². The molecule has 0 radical (unpaired) electrons. The van der Waals surface area contributed by atoms with Crippen LogP contribution >= 0.6 is 0 Å². The smallest absolute Gasteiger partial charge is 0.137 e. The highest BCUT2D eigenvalue weighted by Gasteiger charge is 2.16. The first-order valence-corrected chi connectivity index (χ1v) is 14.5. The molecule has 8 rings (SSSR count). The molecule has 8 aromatic rings. The van der Waals surface area contributed by atoms with Gasteiger partial charge < -0.3 is 0 Å². The SMILES string of the molecule is c1ccc(-c2c(-c3ccc(-c4cc(-c5ccccn5)cc(-c5cccc6ccccc56)c4)cc3)nc3ccccn23)cc1. The van der Waals surface area contributed by atoms with Gasteiger partial charge >= 0.3 is 0 Å². The molecule has 0 atom stereocenters. The van der Waals surface area contributed by atoms with E-state index in [2.05, 4.69) is 143 Å². The first-order chi connectivity index (χ1) is 21.3. The molecule has 0 saturated heterocycles. The first-order valence-electron chi connectivity index (χ1n) is 14.5. The summed E-state index contributed by atoms with van der Waals surface area (Å²) in [6.45, 7) is 0. The minimum absolute atomic E-state index is 0.934. The summed E-state index contributed by atoms with van der Waals surface area (Å²) in [6.07, 6.45) is 3.94. The van der Waals surface area contributed by atoms with E-state index in [0.29, 0.717) is 0 Å². The Bertz CT molecular complexity index is 2210. The summed E-state index contributed by atoms with van der Waals surface area (Å²) in [6, 6.07) is 53.4. The lowest BCUT2D eigenvalue weighted by molar-refractivity contribution is 1.19. The van der Waals surface area contributed by atoms with E-state index in [-0.39, 0.29) is 0 Å². The van der Waals surface area contributed by atoms with Gasteiger partial charge in [0.25, 0.3) is 0 Å². The van der Waals surface area contributed by atoms with Crippen LogP contribution in [-0.2, 0) is 0 Å². The first kappa shape index (κ1) is 25.0. The van der Waals surface area contributed by atoms with Crippen molar-refractivity contribution in [3.05, 3.63) is 164 Å². The highest BCUT2D eigenvalue weighted by atomic mass is 15.0. The van der Waals surface area contributed by atoms with E-state index >= 15 is 0 Å². The Labute approximate surface area is 250 Å². The normalized spacial score (nSPS) is 11.3. The van der Waals surface area contributed by atoms with Crippen LogP contribution in [0.2, 0.25) is 0 Å². The summed E-state index contributed by atoms with van der Waals surface area (Å²) in [4.78, 5) is 9.74. The lowest BCUT2D eigenvalue weighted by Crippen LogP contribution is -1.90. The van der Waals surface area contributed by atoms with Gasteiger partial charge in [-0.15, -0.1) is 0 Å². The zero-order valence-corrected chi connectivity index (χ0v) is 23.4. The maximum Gasteiger partial charge on any atom is 0.137 e. The molecular weight excluding hydrogens is 522 g/mol. The summed E-state index contributed by atoms with van der Waals surface area (Å²) in [5, 5.41) is 2.47. The van der Waals surface area contributed by atoms with Crippen molar-refractivity contribution in [2.24, 2.45) is 0 Å². The Morgan fingerprint density at radius 3 is 2.05 bits per heavy atom. The van der Waals surface area contributed by atoms with Crippen LogP contribution in [0, 0.1) is 0 Å². The number of hydrogen-bond acceptors (Lipinski definition) is 2. The third-order valence-corrected chi connectivity index (χ3v) is 8.06. The fraction of sp³-hybridized carbons (Fsp3) is 0. The molecule has 0 aliphatic heterocycles. The number of nitrogens with zero attached hydrogens (tertiary/aromatic N) is 3. The van der Waals surface area contributed by atoms with Crippen molar-refractivity contribution in [2.75, 3.05) is 0 Å². The van der Waals surface area contributed by atoms with E-state index in [1.54, 1.807) is 0 Å². The number of hydrogen-bond donors (Lipinski definition) is 0. The summed E-state index contributed by atoms with van der Waals surface area (Å²) >= 11 is 0. The third kappa shape index (κ3) is 4.58. The second kappa shape index (κ2) is 10.6. The highest BCUT2D eigenvalue weighted by Crippen LogP contribution is 2.37. The minimum Gasteiger partial charge on any atom is -0.299 e. The van der Waals surface area contributed by atoms with E-state index < -0.39 is 0 Å². The third-order valence-electron chi connectivity index (χ3n) is 8.06. The molecule has 0 spiro atoms. The summed E-state index contributed by atoms with van der Waals surface area (Å²) in [7, 11) is 0. The van der Waals surface area contributed by atoms with Gasteiger partial charge in [0, 0.05) is 29.1 Å². The number of rotatable bonds is 5. The van der Waals surface area contributed by atoms with E-state index in [4.69, 9.17) is 4.98 Å². The molecule has 3 aromatic heterocycles. The lowest BCUT2D eigenvalue weighted by atomic mass is 9.92. The number of aromatic nitrogens is 3. The molecule has 0 aliphatic carbocycles. The van der Waals surface area contributed by atoms with Crippen LogP contribution in [0.3, 0.4) is 0 Å². The van der Waals surface area contributed by atoms with Crippen LogP contribution in [0.5, 0.6) is 0 Å². The standard InChI is InChI=1S/C40H27N3/c1-2-12-31(13-3-1)40-39(42-38-18-7-9-24-43(38)40)30-21-19-28(20-22-30)32-25-33(27-34(26-32)37-17-6-8-23-41-37)36-16-10-14-29-11-4-5-15-35(29)36/h1-27H. The van der Waals surface area contributed by atoms with Crippen molar-refractivity contribution >= 4 is 16.4 Å². The van der Waals surface area contributed by atoms with Gasteiger partial charge in [-0.05, 0) is 75.5 Å². The van der Waals surface area contributed by atoms with Crippen LogP contribution in [0.4, 0.5) is 0 Å². The van der Waals surface area contributed by atoms with Gasteiger partial charge in [0.2, 0.25) is 0 Å². The summed E-state index contributed by atoms with van der Waals surface area (Å²) in [5.41, 5.74) is 12.0. The van der Waals surface area contributed by atoms with Crippen LogP contribution in [0.1, 0.15) is 0 Å². The molecule has 0 unspecified atom stereocenters. The number of pyridine rings is 2. The average Bonchev–Trinajstić information content (AvgIpc) is 3.48. The second-order valence-corrected chi connectivity index (χ2v) is 10.7. The Morgan fingerprint density at radius 2 is 1.19 bits per heavy atom. The molecule has 202 valence electrons. The second-order valence-electron chi connectivity index (χ2n) is 10.7. The van der Waals surface area contributed by atoms with Crippen LogP contribution in [0.25, 0.3) is 72.4 Å². The fourth-order valence-electron chi connectivity index (χ4n) is 6.00. The monoisotopic (exact) mass is 549 g/mol.